The zero-order valence-corrected chi connectivity index (χ0v) is 10.4. The van der Waals surface area contributed by atoms with Crippen molar-refractivity contribution in [2.75, 3.05) is 6.54 Å². The van der Waals surface area contributed by atoms with E-state index in [1.54, 1.807) is 0 Å². The molecule has 0 aliphatic heterocycles. The van der Waals surface area contributed by atoms with Crippen LogP contribution in [0.5, 0.6) is 0 Å². The quantitative estimate of drug-likeness (QED) is 0.559. The van der Waals surface area contributed by atoms with Crippen molar-refractivity contribution < 1.29 is 0 Å². The van der Waals surface area contributed by atoms with Crippen molar-refractivity contribution in [3.63, 3.8) is 0 Å². The Labute approximate surface area is 90.5 Å². The molecule has 0 bridgehead atoms. The highest BCUT2D eigenvalue weighted by molar-refractivity contribution is 4.67. The Morgan fingerprint density at radius 2 is 1.57 bits per heavy atom. The van der Waals surface area contributed by atoms with Gasteiger partial charge in [0.15, 0.2) is 0 Å². The van der Waals surface area contributed by atoms with Gasteiger partial charge in [-0.3, -0.25) is 0 Å². The predicted molar refractivity (Wildman–Crippen MR) is 65.4 cm³/mol. The molecule has 1 heteroatoms. The third-order valence-corrected chi connectivity index (χ3v) is 3.30. The molecule has 0 saturated heterocycles. The van der Waals surface area contributed by atoms with Crippen molar-refractivity contribution in [3.8, 4) is 0 Å². The maximum absolute atomic E-state index is 5.83. The second kappa shape index (κ2) is 9.51. The zero-order valence-electron chi connectivity index (χ0n) is 10.4. The van der Waals surface area contributed by atoms with Crippen molar-refractivity contribution in [1.29, 1.82) is 0 Å². The number of unbranched alkanes of at least 4 members (excludes halogenated alkanes) is 3. The molecule has 0 aliphatic carbocycles. The van der Waals surface area contributed by atoms with Crippen LogP contribution in [0, 0.1) is 11.8 Å². The highest BCUT2D eigenvalue weighted by Crippen LogP contribution is 2.22. The van der Waals surface area contributed by atoms with E-state index in [1.807, 2.05) is 0 Å². The first-order chi connectivity index (χ1) is 6.76. The number of rotatable bonds is 9. The van der Waals surface area contributed by atoms with Crippen LogP contribution in [0.1, 0.15) is 65.7 Å². The first kappa shape index (κ1) is 14.0. The van der Waals surface area contributed by atoms with Gasteiger partial charge in [-0.25, -0.2) is 0 Å². The van der Waals surface area contributed by atoms with E-state index in [1.165, 1.54) is 44.9 Å². The van der Waals surface area contributed by atoms with E-state index in [9.17, 15) is 0 Å². The lowest BCUT2D eigenvalue weighted by Gasteiger charge is -2.22. The van der Waals surface area contributed by atoms with Gasteiger partial charge < -0.3 is 5.73 Å². The lowest BCUT2D eigenvalue weighted by molar-refractivity contribution is 0.310. The number of hydrogen-bond acceptors (Lipinski definition) is 1. The average molecular weight is 199 g/mol. The molecule has 2 atom stereocenters. The van der Waals surface area contributed by atoms with Gasteiger partial charge in [0.2, 0.25) is 0 Å². The maximum Gasteiger partial charge on any atom is -0.00463 e. The SMILES string of the molecule is CCCCCC(CN)C(C)CCCC. The van der Waals surface area contributed by atoms with Crippen molar-refractivity contribution >= 4 is 0 Å². The fraction of sp³-hybridized carbons (Fsp3) is 1.00. The van der Waals surface area contributed by atoms with Gasteiger partial charge in [0.05, 0.1) is 0 Å². The maximum atomic E-state index is 5.83. The molecule has 0 heterocycles. The van der Waals surface area contributed by atoms with E-state index in [0.29, 0.717) is 0 Å². The largest absolute Gasteiger partial charge is 0.330 e. The van der Waals surface area contributed by atoms with Gasteiger partial charge in [0.1, 0.15) is 0 Å². The van der Waals surface area contributed by atoms with Crippen LogP contribution in [0.25, 0.3) is 0 Å². The van der Waals surface area contributed by atoms with Gasteiger partial charge >= 0.3 is 0 Å². The highest BCUT2D eigenvalue weighted by Gasteiger charge is 2.14. The van der Waals surface area contributed by atoms with Crippen LogP contribution in [0.2, 0.25) is 0 Å². The van der Waals surface area contributed by atoms with Crippen LogP contribution in [-0.4, -0.2) is 6.54 Å². The van der Waals surface area contributed by atoms with E-state index in [-0.39, 0.29) is 0 Å². The summed E-state index contributed by atoms with van der Waals surface area (Å²) >= 11 is 0. The Bertz CT molecular complexity index is 112. The van der Waals surface area contributed by atoms with E-state index < -0.39 is 0 Å². The molecule has 2 unspecified atom stereocenters. The molecular formula is C13H29N. The highest BCUT2D eigenvalue weighted by atomic mass is 14.6. The minimum Gasteiger partial charge on any atom is -0.330 e. The summed E-state index contributed by atoms with van der Waals surface area (Å²) in [6, 6.07) is 0. The zero-order chi connectivity index (χ0) is 10.8. The third kappa shape index (κ3) is 6.42. The normalized spacial score (nSPS) is 15.4. The Morgan fingerprint density at radius 1 is 0.929 bits per heavy atom. The summed E-state index contributed by atoms with van der Waals surface area (Å²) in [6.45, 7) is 7.78. The van der Waals surface area contributed by atoms with Gasteiger partial charge in [-0.1, -0.05) is 59.3 Å². The summed E-state index contributed by atoms with van der Waals surface area (Å²) in [4.78, 5) is 0. The van der Waals surface area contributed by atoms with E-state index in [4.69, 9.17) is 5.73 Å². The summed E-state index contributed by atoms with van der Waals surface area (Å²) in [6.07, 6.45) is 9.45. The lowest BCUT2D eigenvalue weighted by Crippen LogP contribution is -2.21. The monoisotopic (exact) mass is 199 g/mol. The molecule has 1 nitrogen and oxygen atoms in total. The lowest BCUT2D eigenvalue weighted by atomic mass is 9.86. The molecule has 0 aromatic rings. The fourth-order valence-corrected chi connectivity index (χ4v) is 2.05. The summed E-state index contributed by atoms with van der Waals surface area (Å²) in [5, 5.41) is 0. The molecule has 0 spiro atoms. The van der Waals surface area contributed by atoms with E-state index >= 15 is 0 Å². The van der Waals surface area contributed by atoms with Crippen LogP contribution >= 0.6 is 0 Å². The van der Waals surface area contributed by atoms with Crippen LogP contribution in [0.3, 0.4) is 0 Å². The summed E-state index contributed by atoms with van der Waals surface area (Å²) in [5.74, 6) is 1.60. The average Bonchev–Trinajstić information content (AvgIpc) is 2.21. The molecule has 0 aliphatic rings. The molecule has 0 fully saturated rings. The smallest absolute Gasteiger partial charge is 0.00463 e. The van der Waals surface area contributed by atoms with Crippen LogP contribution < -0.4 is 5.73 Å². The standard InChI is InChI=1S/C13H29N/c1-4-6-8-10-13(11-14)12(3)9-7-5-2/h12-13H,4-11,14H2,1-3H3. The molecular weight excluding hydrogens is 170 g/mol. The van der Waals surface area contributed by atoms with Gasteiger partial charge in [-0.15, -0.1) is 0 Å². The molecule has 0 aromatic carbocycles. The van der Waals surface area contributed by atoms with Crippen LogP contribution in [0.4, 0.5) is 0 Å². The summed E-state index contributed by atoms with van der Waals surface area (Å²) in [5.41, 5.74) is 5.83. The van der Waals surface area contributed by atoms with Crippen molar-refractivity contribution in [2.24, 2.45) is 17.6 Å². The Hall–Kier alpha value is -0.0400. The summed E-state index contributed by atoms with van der Waals surface area (Å²) < 4.78 is 0. The first-order valence-electron chi connectivity index (χ1n) is 6.46. The predicted octanol–water partition coefficient (Wildman–Crippen LogP) is 3.97. The van der Waals surface area contributed by atoms with Gasteiger partial charge in [0.25, 0.3) is 0 Å². The first-order valence-corrected chi connectivity index (χ1v) is 6.46. The van der Waals surface area contributed by atoms with E-state index in [2.05, 4.69) is 20.8 Å². The minimum absolute atomic E-state index is 0.771. The second-order valence-electron chi connectivity index (χ2n) is 4.61. The molecule has 0 amide bonds. The Kier molecular flexibility index (Phi) is 9.49. The Balaban J connectivity index is 3.62. The second-order valence-corrected chi connectivity index (χ2v) is 4.61. The van der Waals surface area contributed by atoms with Crippen molar-refractivity contribution in [2.45, 2.75) is 65.7 Å². The molecule has 2 N–H and O–H groups in total. The van der Waals surface area contributed by atoms with Crippen LogP contribution in [0.15, 0.2) is 0 Å². The van der Waals surface area contributed by atoms with E-state index in [0.717, 1.165) is 18.4 Å². The van der Waals surface area contributed by atoms with Crippen molar-refractivity contribution in [1.82, 2.24) is 0 Å². The van der Waals surface area contributed by atoms with Gasteiger partial charge in [-0.2, -0.15) is 0 Å². The van der Waals surface area contributed by atoms with Crippen molar-refractivity contribution in [3.05, 3.63) is 0 Å². The molecule has 0 radical (unpaired) electrons. The topological polar surface area (TPSA) is 26.0 Å². The van der Waals surface area contributed by atoms with Crippen LogP contribution in [-0.2, 0) is 0 Å². The molecule has 0 aromatic heterocycles. The third-order valence-electron chi connectivity index (χ3n) is 3.30. The Morgan fingerprint density at radius 3 is 2.07 bits per heavy atom. The molecule has 0 saturated carbocycles. The number of hydrogen-bond donors (Lipinski definition) is 1. The minimum atomic E-state index is 0.771. The summed E-state index contributed by atoms with van der Waals surface area (Å²) in [7, 11) is 0. The molecule has 14 heavy (non-hydrogen) atoms. The molecule has 86 valence electrons. The van der Waals surface area contributed by atoms with Gasteiger partial charge in [0, 0.05) is 0 Å². The van der Waals surface area contributed by atoms with Gasteiger partial charge in [-0.05, 0) is 24.8 Å². The number of nitrogens with two attached hydrogens (primary N) is 1. The fourth-order valence-electron chi connectivity index (χ4n) is 2.05. The molecule has 0 rings (SSSR count).